The fourth-order valence-corrected chi connectivity index (χ4v) is 2.21. The summed E-state index contributed by atoms with van der Waals surface area (Å²) in [7, 11) is 0. The molecule has 0 unspecified atom stereocenters. The third-order valence-corrected chi connectivity index (χ3v) is 3.28. The van der Waals surface area contributed by atoms with Crippen LogP contribution in [0.1, 0.15) is 31.7 Å². The molecule has 0 N–H and O–H groups in total. The van der Waals surface area contributed by atoms with E-state index in [1.54, 1.807) is 0 Å². The van der Waals surface area contributed by atoms with Gasteiger partial charge in [0.05, 0.1) is 5.69 Å². The number of aromatic nitrogens is 2. The Balaban J connectivity index is 2.35. The summed E-state index contributed by atoms with van der Waals surface area (Å²) in [5, 5.41) is 4.39. The molecule has 0 bridgehead atoms. The standard InChI is InChI=1S/C14H17F3N2/c1-9(2)12(7-10(3)14(15,16)17)13-8-11-5-4-6-19(11)18-13/h7-9H,3-6H2,1-2H3/b12-7+. The Labute approximate surface area is 110 Å². The van der Waals surface area contributed by atoms with E-state index in [1.807, 2.05) is 24.6 Å². The minimum absolute atomic E-state index is 0.0327. The molecule has 0 aromatic carbocycles. The molecular formula is C14H17F3N2. The van der Waals surface area contributed by atoms with Crippen molar-refractivity contribution in [1.29, 1.82) is 0 Å². The van der Waals surface area contributed by atoms with Gasteiger partial charge in [0.15, 0.2) is 0 Å². The molecular weight excluding hydrogens is 253 g/mol. The van der Waals surface area contributed by atoms with E-state index in [0.717, 1.165) is 31.2 Å². The van der Waals surface area contributed by atoms with Gasteiger partial charge in [-0.2, -0.15) is 18.3 Å². The van der Waals surface area contributed by atoms with E-state index >= 15 is 0 Å². The molecule has 104 valence electrons. The summed E-state index contributed by atoms with van der Waals surface area (Å²) in [4.78, 5) is 0. The predicted octanol–water partition coefficient (Wildman–Crippen LogP) is 3.99. The first-order valence-corrected chi connectivity index (χ1v) is 6.34. The maximum atomic E-state index is 12.6. The van der Waals surface area contributed by atoms with E-state index < -0.39 is 11.7 Å². The van der Waals surface area contributed by atoms with Crippen molar-refractivity contribution >= 4 is 5.57 Å². The summed E-state index contributed by atoms with van der Waals surface area (Å²) < 4.78 is 39.6. The average Bonchev–Trinajstić information content (AvgIpc) is 2.83. The van der Waals surface area contributed by atoms with Gasteiger partial charge in [-0.15, -0.1) is 0 Å². The second-order valence-electron chi connectivity index (χ2n) is 5.12. The molecule has 0 radical (unpaired) electrons. The van der Waals surface area contributed by atoms with Crippen LogP contribution in [0.15, 0.2) is 24.3 Å². The molecule has 19 heavy (non-hydrogen) atoms. The van der Waals surface area contributed by atoms with Crippen LogP contribution in [0.4, 0.5) is 13.2 Å². The number of hydrogen-bond donors (Lipinski definition) is 0. The summed E-state index contributed by atoms with van der Waals surface area (Å²) in [6, 6.07) is 1.89. The van der Waals surface area contributed by atoms with Gasteiger partial charge >= 0.3 is 6.18 Å². The summed E-state index contributed by atoms with van der Waals surface area (Å²) in [5.41, 5.74) is 1.49. The number of alkyl halides is 3. The zero-order valence-corrected chi connectivity index (χ0v) is 11.1. The van der Waals surface area contributed by atoms with E-state index in [1.165, 1.54) is 0 Å². The maximum absolute atomic E-state index is 12.6. The van der Waals surface area contributed by atoms with Crippen LogP contribution in [-0.4, -0.2) is 16.0 Å². The molecule has 2 nitrogen and oxygen atoms in total. The van der Waals surface area contributed by atoms with Crippen LogP contribution in [0, 0.1) is 5.92 Å². The molecule has 0 amide bonds. The number of fused-ring (bicyclic) bond motifs is 1. The summed E-state index contributed by atoms with van der Waals surface area (Å²) in [6.45, 7) is 7.67. The molecule has 0 saturated heterocycles. The molecule has 1 aliphatic rings. The van der Waals surface area contributed by atoms with Crippen molar-refractivity contribution in [3.8, 4) is 0 Å². The van der Waals surface area contributed by atoms with Crippen LogP contribution >= 0.6 is 0 Å². The molecule has 1 aromatic heterocycles. The Morgan fingerprint density at radius 3 is 2.68 bits per heavy atom. The topological polar surface area (TPSA) is 17.8 Å². The van der Waals surface area contributed by atoms with Crippen molar-refractivity contribution in [2.24, 2.45) is 5.92 Å². The van der Waals surface area contributed by atoms with Crippen LogP contribution < -0.4 is 0 Å². The van der Waals surface area contributed by atoms with Crippen molar-refractivity contribution < 1.29 is 13.2 Å². The summed E-state index contributed by atoms with van der Waals surface area (Å²) in [6.07, 6.45) is -1.28. The van der Waals surface area contributed by atoms with Gasteiger partial charge in [0.2, 0.25) is 0 Å². The molecule has 0 aliphatic carbocycles. The van der Waals surface area contributed by atoms with Crippen LogP contribution in [0.3, 0.4) is 0 Å². The maximum Gasteiger partial charge on any atom is 0.415 e. The van der Waals surface area contributed by atoms with Crippen LogP contribution in [-0.2, 0) is 13.0 Å². The van der Waals surface area contributed by atoms with Crippen molar-refractivity contribution in [3.05, 3.63) is 35.7 Å². The lowest BCUT2D eigenvalue weighted by atomic mass is 9.97. The predicted molar refractivity (Wildman–Crippen MR) is 68.6 cm³/mol. The second kappa shape index (κ2) is 4.87. The molecule has 2 heterocycles. The number of rotatable bonds is 3. The minimum Gasteiger partial charge on any atom is -0.269 e. The number of hydrogen-bond acceptors (Lipinski definition) is 1. The highest BCUT2D eigenvalue weighted by atomic mass is 19.4. The van der Waals surface area contributed by atoms with Gasteiger partial charge in [-0.3, -0.25) is 4.68 Å². The Kier molecular flexibility index (Phi) is 3.56. The highest BCUT2D eigenvalue weighted by molar-refractivity contribution is 5.67. The Bertz CT molecular complexity index is 500. The minimum atomic E-state index is -4.39. The lowest BCUT2D eigenvalue weighted by Crippen LogP contribution is -2.10. The number of nitrogens with zero attached hydrogens (tertiary/aromatic N) is 2. The van der Waals surface area contributed by atoms with Crippen LogP contribution in [0.25, 0.3) is 5.57 Å². The molecule has 1 aliphatic heterocycles. The smallest absolute Gasteiger partial charge is 0.269 e. The molecule has 2 rings (SSSR count). The SMILES string of the molecule is C=C(/C=C(/c1cc2n(n1)CCC2)C(C)C)C(F)(F)F. The van der Waals surface area contributed by atoms with Gasteiger partial charge in [-0.1, -0.05) is 20.4 Å². The Morgan fingerprint density at radius 2 is 2.16 bits per heavy atom. The third-order valence-electron chi connectivity index (χ3n) is 3.28. The lowest BCUT2D eigenvalue weighted by molar-refractivity contribution is -0.0877. The second-order valence-corrected chi connectivity index (χ2v) is 5.12. The zero-order chi connectivity index (χ0) is 14.2. The first-order valence-electron chi connectivity index (χ1n) is 6.34. The third kappa shape index (κ3) is 2.91. The molecule has 0 saturated carbocycles. The Morgan fingerprint density at radius 1 is 1.47 bits per heavy atom. The Hall–Kier alpha value is -1.52. The number of aryl methyl sites for hydroxylation is 2. The van der Waals surface area contributed by atoms with Gasteiger partial charge in [-0.25, -0.2) is 0 Å². The van der Waals surface area contributed by atoms with Crippen LogP contribution in [0.2, 0.25) is 0 Å². The van der Waals surface area contributed by atoms with Crippen molar-refractivity contribution in [2.45, 2.75) is 39.4 Å². The molecule has 0 fully saturated rings. The van der Waals surface area contributed by atoms with E-state index in [9.17, 15) is 13.2 Å². The largest absolute Gasteiger partial charge is 0.415 e. The molecule has 5 heteroatoms. The number of halogens is 3. The zero-order valence-electron chi connectivity index (χ0n) is 11.1. The lowest BCUT2D eigenvalue weighted by Gasteiger charge is -2.12. The molecule has 0 spiro atoms. The first-order chi connectivity index (χ1) is 8.79. The fraction of sp³-hybridized carbons (Fsp3) is 0.500. The monoisotopic (exact) mass is 270 g/mol. The highest BCUT2D eigenvalue weighted by Crippen LogP contribution is 2.31. The van der Waals surface area contributed by atoms with E-state index in [4.69, 9.17) is 0 Å². The van der Waals surface area contributed by atoms with E-state index in [-0.39, 0.29) is 5.92 Å². The van der Waals surface area contributed by atoms with Crippen molar-refractivity contribution in [2.75, 3.05) is 0 Å². The normalized spacial score (nSPS) is 16.0. The fourth-order valence-electron chi connectivity index (χ4n) is 2.21. The van der Waals surface area contributed by atoms with Gasteiger partial charge in [-0.05, 0) is 36.5 Å². The summed E-state index contributed by atoms with van der Waals surface area (Å²) in [5.74, 6) is -0.0327. The summed E-state index contributed by atoms with van der Waals surface area (Å²) >= 11 is 0. The van der Waals surface area contributed by atoms with Gasteiger partial charge in [0, 0.05) is 17.8 Å². The average molecular weight is 270 g/mol. The first kappa shape index (κ1) is 13.9. The highest BCUT2D eigenvalue weighted by Gasteiger charge is 2.31. The van der Waals surface area contributed by atoms with Gasteiger partial charge < -0.3 is 0 Å². The van der Waals surface area contributed by atoms with Crippen molar-refractivity contribution in [1.82, 2.24) is 9.78 Å². The van der Waals surface area contributed by atoms with E-state index in [2.05, 4.69) is 11.7 Å². The quantitative estimate of drug-likeness (QED) is 0.759. The van der Waals surface area contributed by atoms with Gasteiger partial charge in [0.25, 0.3) is 0 Å². The van der Waals surface area contributed by atoms with Crippen molar-refractivity contribution in [3.63, 3.8) is 0 Å². The molecule has 1 aromatic rings. The van der Waals surface area contributed by atoms with Crippen LogP contribution in [0.5, 0.6) is 0 Å². The van der Waals surface area contributed by atoms with Gasteiger partial charge in [0.1, 0.15) is 0 Å². The number of allylic oxidation sites excluding steroid dienone is 3. The van der Waals surface area contributed by atoms with E-state index in [0.29, 0.717) is 11.3 Å². The molecule has 0 atom stereocenters.